The van der Waals surface area contributed by atoms with Crippen molar-refractivity contribution in [2.75, 3.05) is 13.2 Å². The van der Waals surface area contributed by atoms with E-state index in [0.717, 1.165) is 16.9 Å². The highest BCUT2D eigenvalue weighted by atomic mass is 16.5. The zero-order valence-electron chi connectivity index (χ0n) is 14.4. The zero-order chi connectivity index (χ0) is 17.6. The minimum absolute atomic E-state index is 0.0729. The molecule has 1 aromatic carbocycles. The third kappa shape index (κ3) is 4.09. The van der Waals surface area contributed by atoms with Gasteiger partial charge in [0.2, 0.25) is 0 Å². The molecule has 0 saturated carbocycles. The number of benzene rings is 1. The van der Waals surface area contributed by atoms with Gasteiger partial charge in [-0.25, -0.2) is 4.98 Å². The molecule has 3 rings (SSSR count). The molecule has 3 aromatic rings. The van der Waals surface area contributed by atoms with Gasteiger partial charge in [-0.15, -0.1) is 0 Å². The predicted molar refractivity (Wildman–Crippen MR) is 94.9 cm³/mol. The molecule has 0 fully saturated rings. The van der Waals surface area contributed by atoms with Crippen LogP contribution in [0.15, 0.2) is 48.8 Å². The quantitative estimate of drug-likeness (QED) is 0.719. The smallest absolute Gasteiger partial charge is 0.258 e. The molecule has 0 unspecified atom stereocenters. The Bertz CT molecular complexity index is 873. The molecule has 2 aromatic heterocycles. The number of pyridine rings is 1. The van der Waals surface area contributed by atoms with Crippen molar-refractivity contribution in [3.8, 4) is 11.5 Å². The molecule has 130 valence electrons. The molecule has 1 N–H and O–H groups in total. The largest absolute Gasteiger partial charge is 0.490 e. The number of rotatable bonds is 7. The summed E-state index contributed by atoms with van der Waals surface area (Å²) in [5.41, 5.74) is 2.79. The third-order valence-electron chi connectivity index (χ3n) is 3.70. The van der Waals surface area contributed by atoms with Crippen LogP contribution in [0.1, 0.15) is 18.2 Å². The fourth-order valence-corrected chi connectivity index (χ4v) is 2.52. The lowest BCUT2D eigenvalue weighted by molar-refractivity contribution is -0.123. The van der Waals surface area contributed by atoms with Crippen LogP contribution in [0.5, 0.6) is 11.5 Å². The van der Waals surface area contributed by atoms with Crippen molar-refractivity contribution in [1.82, 2.24) is 14.7 Å². The van der Waals surface area contributed by atoms with E-state index in [1.807, 2.05) is 61.0 Å². The zero-order valence-corrected chi connectivity index (χ0v) is 14.4. The number of para-hydroxylation sites is 2. The summed E-state index contributed by atoms with van der Waals surface area (Å²) >= 11 is 0. The first-order valence-electron chi connectivity index (χ1n) is 8.22. The van der Waals surface area contributed by atoms with Crippen LogP contribution in [0, 0.1) is 6.92 Å². The molecule has 0 spiro atoms. The summed E-state index contributed by atoms with van der Waals surface area (Å²) in [4.78, 5) is 16.6. The lowest BCUT2D eigenvalue weighted by Crippen LogP contribution is -2.28. The number of hydrogen-bond acceptors (Lipinski definition) is 4. The molecule has 0 radical (unpaired) electrons. The Balaban J connectivity index is 1.55. The van der Waals surface area contributed by atoms with Crippen LogP contribution in [0.4, 0.5) is 0 Å². The average Bonchev–Trinajstić information content (AvgIpc) is 3.04. The molecule has 0 saturated heterocycles. The number of aromatic nitrogens is 2. The van der Waals surface area contributed by atoms with Crippen LogP contribution in [-0.4, -0.2) is 28.5 Å². The van der Waals surface area contributed by atoms with E-state index in [-0.39, 0.29) is 12.5 Å². The van der Waals surface area contributed by atoms with Crippen LogP contribution < -0.4 is 14.8 Å². The van der Waals surface area contributed by atoms with Gasteiger partial charge in [-0.3, -0.25) is 4.79 Å². The molecule has 6 nitrogen and oxygen atoms in total. The van der Waals surface area contributed by atoms with Gasteiger partial charge in [0.05, 0.1) is 18.8 Å². The SMILES string of the molecule is CCOc1ccccc1OCC(=O)NCc1cn2cccc(C)c2n1. The number of nitrogens with one attached hydrogen (secondary N) is 1. The van der Waals surface area contributed by atoms with Crippen LogP contribution in [-0.2, 0) is 11.3 Å². The summed E-state index contributed by atoms with van der Waals surface area (Å²) in [5, 5.41) is 2.82. The van der Waals surface area contributed by atoms with E-state index in [2.05, 4.69) is 10.3 Å². The van der Waals surface area contributed by atoms with E-state index >= 15 is 0 Å². The Morgan fingerprint density at radius 2 is 1.92 bits per heavy atom. The van der Waals surface area contributed by atoms with Gasteiger partial charge in [-0.2, -0.15) is 0 Å². The number of aryl methyl sites for hydroxylation is 1. The second-order valence-corrected chi connectivity index (χ2v) is 5.60. The summed E-state index contributed by atoms with van der Waals surface area (Å²) in [6, 6.07) is 11.3. The number of carbonyl (C=O) groups is 1. The highest BCUT2D eigenvalue weighted by Crippen LogP contribution is 2.26. The monoisotopic (exact) mass is 339 g/mol. The van der Waals surface area contributed by atoms with Crippen molar-refractivity contribution < 1.29 is 14.3 Å². The maximum atomic E-state index is 12.0. The first kappa shape index (κ1) is 16.8. The number of ether oxygens (including phenoxy) is 2. The highest BCUT2D eigenvalue weighted by Gasteiger charge is 2.09. The Hall–Kier alpha value is -3.02. The van der Waals surface area contributed by atoms with Gasteiger partial charge in [0.25, 0.3) is 5.91 Å². The number of hydrogen-bond donors (Lipinski definition) is 1. The van der Waals surface area contributed by atoms with Gasteiger partial charge in [-0.05, 0) is 37.6 Å². The molecule has 2 heterocycles. The predicted octanol–water partition coefficient (Wildman–Crippen LogP) is 2.74. The maximum absolute atomic E-state index is 12.0. The van der Waals surface area contributed by atoms with Crippen molar-refractivity contribution in [2.45, 2.75) is 20.4 Å². The number of imidazole rings is 1. The topological polar surface area (TPSA) is 64.9 Å². The normalized spacial score (nSPS) is 10.6. The van der Waals surface area contributed by atoms with Crippen molar-refractivity contribution in [1.29, 1.82) is 0 Å². The molecule has 6 heteroatoms. The summed E-state index contributed by atoms with van der Waals surface area (Å²) in [6.45, 7) is 4.74. The molecule has 25 heavy (non-hydrogen) atoms. The van der Waals surface area contributed by atoms with E-state index in [0.29, 0.717) is 24.7 Å². The number of nitrogens with zero attached hydrogens (tertiary/aromatic N) is 2. The van der Waals surface area contributed by atoms with Crippen molar-refractivity contribution in [3.05, 3.63) is 60.0 Å². The van der Waals surface area contributed by atoms with Gasteiger partial charge in [0.1, 0.15) is 5.65 Å². The van der Waals surface area contributed by atoms with E-state index in [4.69, 9.17) is 9.47 Å². The lowest BCUT2D eigenvalue weighted by Gasteiger charge is -2.11. The fraction of sp³-hybridized carbons (Fsp3) is 0.263. The molecule has 1 amide bonds. The fourth-order valence-electron chi connectivity index (χ4n) is 2.52. The second-order valence-electron chi connectivity index (χ2n) is 5.60. The molecular weight excluding hydrogens is 318 g/mol. The van der Waals surface area contributed by atoms with Crippen molar-refractivity contribution in [3.63, 3.8) is 0 Å². The van der Waals surface area contributed by atoms with Crippen LogP contribution >= 0.6 is 0 Å². The van der Waals surface area contributed by atoms with Crippen LogP contribution in [0.25, 0.3) is 5.65 Å². The minimum Gasteiger partial charge on any atom is -0.490 e. The maximum Gasteiger partial charge on any atom is 0.258 e. The Morgan fingerprint density at radius 1 is 1.16 bits per heavy atom. The molecule has 0 aliphatic carbocycles. The summed E-state index contributed by atoms with van der Waals surface area (Å²) in [7, 11) is 0. The van der Waals surface area contributed by atoms with Crippen LogP contribution in [0.3, 0.4) is 0 Å². The highest BCUT2D eigenvalue weighted by molar-refractivity contribution is 5.77. The molecule has 0 aliphatic heterocycles. The first-order valence-corrected chi connectivity index (χ1v) is 8.22. The van der Waals surface area contributed by atoms with Gasteiger partial charge in [0.15, 0.2) is 18.1 Å². The van der Waals surface area contributed by atoms with Gasteiger partial charge in [0, 0.05) is 12.4 Å². The van der Waals surface area contributed by atoms with E-state index < -0.39 is 0 Å². The minimum atomic E-state index is -0.208. The summed E-state index contributed by atoms with van der Waals surface area (Å²) < 4.78 is 13.0. The van der Waals surface area contributed by atoms with E-state index in [9.17, 15) is 4.79 Å². The Labute approximate surface area is 146 Å². The average molecular weight is 339 g/mol. The van der Waals surface area contributed by atoms with Crippen molar-refractivity contribution >= 4 is 11.6 Å². The van der Waals surface area contributed by atoms with Crippen LogP contribution in [0.2, 0.25) is 0 Å². The first-order chi connectivity index (χ1) is 12.2. The summed E-state index contributed by atoms with van der Waals surface area (Å²) in [5.74, 6) is 0.983. The Morgan fingerprint density at radius 3 is 2.64 bits per heavy atom. The number of amides is 1. The lowest BCUT2D eigenvalue weighted by atomic mass is 10.3. The molecule has 0 bridgehead atoms. The third-order valence-corrected chi connectivity index (χ3v) is 3.70. The second kappa shape index (κ2) is 7.70. The number of carbonyl (C=O) groups excluding carboxylic acids is 1. The van der Waals surface area contributed by atoms with Gasteiger partial charge in [-0.1, -0.05) is 18.2 Å². The Kier molecular flexibility index (Phi) is 5.18. The molecule has 0 aliphatic rings. The summed E-state index contributed by atoms with van der Waals surface area (Å²) in [6.07, 6.45) is 3.85. The number of fused-ring (bicyclic) bond motifs is 1. The standard InChI is InChI=1S/C19H21N3O3/c1-3-24-16-8-4-5-9-17(16)25-13-18(23)20-11-15-12-22-10-6-7-14(2)19(22)21-15/h4-10,12H,3,11,13H2,1-2H3,(H,20,23). The van der Waals surface area contributed by atoms with E-state index in [1.165, 1.54) is 0 Å². The van der Waals surface area contributed by atoms with E-state index in [1.54, 1.807) is 6.07 Å². The molecule has 0 atom stereocenters. The molecular formula is C19H21N3O3. The van der Waals surface area contributed by atoms with Gasteiger partial charge < -0.3 is 19.2 Å². The van der Waals surface area contributed by atoms with Crippen molar-refractivity contribution in [2.24, 2.45) is 0 Å². The van der Waals surface area contributed by atoms with Gasteiger partial charge >= 0.3 is 0 Å².